The van der Waals surface area contributed by atoms with Crippen LogP contribution in [0.4, 0.5) is 0 Å². The van der Waals surface area contributed by atoms with Crippen LogP contribution in [0.2, 0.25) is 5.02 Å². The van der Waals surface area contributed by atoms with E-state index in [4.69, 9.17) is 16.3 Å². The Labute approximate surface area is 183 Å². The molecule has 0 aliphatic rings. The number of nitrogens with one attached hydrogen (secondary N) is 1. The molecule has 0 unspecified atom stereocenters. The van der Waals surface area contributed by atoms with Crippen molar-refractivity contribution in [3.8, 4) is 5.75 Å². The van der Waals surface area contributed by atoms with Crippen LogP contribution in [0.3, 0.4) is 0 Å². The van der Waals surface area contributed by atoms with Crippen LogP contribution in [0.25, 0.3) is 10.9 Å². The molecule has 30 heavy (non-hydrogen) atoms. The minimum absolute atomic E-state index is 0.0533. The highest BCUT2D eigenvalue weighted by molar-refractivity contribution is 7.98. The fourth-order valence-corrected chi connectivity index (χ4v) is 4.12. The molecule has 2 heterocycles. The number of hydrogen-bond acceptors (Lipinski definition) is 5. The summed E-state index contributed by atoms with van der Waals surface area (Å²) in [5.41, 5.74) is 3.84. The summed E-state index contributed by atoms with van der Waals surface area (Å²) in [6.45, 7) is 4.44. The lowest BCUT2D eigenvalue weighted by atomic mass is 10.1. The zero-order valence-electron chi connectivity index (χ0n) is 16.9. The summed E-state index contributed by atoms with van der Waals surface area (Å²) >= 11 is 7.49. The van der Waals surface area contributed by atoms with Crippen LogP contribution < -0.4 is 10.2 Å². The maximum atomic E-state index is 12.4. The van der Waals surface area contributed by atoms with E-state index >= 15 is 0 Å². The van der Waals surface area contributed by atoms with Crippen molar-refractivity contribution in [3.63, 3.8) is 0 Å². The summed E-state index contributed by atoms with van der Waals surface area (Å²) in [4.78, 5) is 15.7. The number of fused-ring (bicyclic) bond motifs is 1. The Morgan fingerprint density at radius 2 is 2.00 bits per heavy atom. The maximum absolute atomic E-state index is 12.4. The van der Waals surface area contributed by atoms with E-state index in [0.717, 1.165) is 33.5 Å². The second-order valence-corrected chi connectivity index (χ2v) is 8.46. The van der Waals surface area contributed by atoms with Gasteiger partial charge in [0, 0.05) is 40.5 Å². The summed E-state index contributed by atoms with van der Waals surface area (Å²) in [6, 6.07) is 12.9. The van der Waals surface area contributed by atoms with Gasteiger partial charge in [0.05, 0.1) is 0 Å². The molecule has 4 aromatic rings. The number of aromatic nitrogens is 4. The van der Waals surface area contributed by atoms with Crippen molar-refractivity contribution < 1.29 is 4.74 Å². The molecule has 0 spiro atoms. The molecule has 154 valence electrons. The second-order valence-electron chi connectivity index (χ2n) is 7.08. The van der Waals surface area contributed by atoms with Gasteiger partial charge in [-0.1, -0.05) is 35.5 Å². The summed E-state index contributed by atoms with van der Waals surface area (Å²) in [5.74, 6) is 2.15. The number of H-pyrrole nitrogens is 1. The van der Waals surface area contributed by atoms with Crippen molar-refractivity contribution in [2.75, 3.05) is 0 Å². The lowest BCUT2D eigenvalue weighted by Gasteiger charge is -2.10. The van der Waals surface area contributed by atoms with E-state index in [1.165, 1.54) is 17.3 Å². The van der Waals surface area contributed by atoms with E-state index in [1.54, 1.807) is 18.2 Å². The molecule has 0 aliphatic heterocycles. The van der Waals surface area contributed by atoms with Gasteiger partial charge < -0.3 is 14.3 Å². The first-order valence-electron chi connectivity index (χ1n) is 9.44. The summed E-state index contributed by atoms with van der Waals surface area (Å²) in [7, 11) is 1.91. The monoisotopic (exact) mass is 440 g/mol. The van der Waals surface area contributed by atoms with Gasteiger partial charge in [-0.05, 0) is 49.2 Å². The fourth-order valence-electron chi connectivity index (χ4n) is 3.11. The van der Waals surface area contributed by atoms with Gasteiger partial charge in [-0.3, -0.25) is 4.79 Å². The largest absolute Gasteiger partial charge is 0.485 e. The van der Waals surface area contributed by atoms with Crippen molar-refractivity contribution in [1.82, 2.24) is 19.7 Å². The highest BCUT2D eigenvalue weighted by Crippen LogP contribution is 2.24. The Kier molecular flexibility index (Phi) is 5.83. The lowest BCUT2D eigenvalue weighted by Crippen LogP contribution is -2.06. The number of nitrogens with zero attached hydrogens (tertiary/aromatic N) is 3. The molecule has 8 heteroatoms. The Hall–Kier alpha value is -2.77. The minimum atomic E-state index is -0.0533. The molecule has 1 N–H and O–H groups in total. The van der Waals surface area contributed by atoms with E-state index in [2.05, 4.69) is 28.2 Å². The van der Waals surface area contributed by atoms with Crippen molar-refractivity contribution in [2.45, 2.75) is 31.4 Å². The zero-order chi connectivity index (χ0) is 21.3. The average molecular weight is 441 g/mol. The molecular weight excluding hydrogens is 420 g/mol. The van der Waals surface area contributed by atoms with E-state index in [0.29, 0.717) is 22.8 Å². The lowest BCUT2D eigenvalue weighted by molar-refractivity contribution is 0.288. The van der Waals surface area contributed by atoms with Crippen LogP contribution in [0.15, 0.2) is 52.4 Å². The Bertz CT molecular complexity index is 1280. The van der Waals surface area contributed by atoms with Crippen LogP contribution in [-0.2, 0) is 19.4 Å². The van der Waals surface area contributed by atoms with Crippen LogP contribution in [-0.4, -0.2) is 19.7 Å². The highest BCUT2D eigenvalue weighted by atomic mass is 35.5. The van der Waals surface area contributed by atoms with Crippen LogP contribution in [0, 0.1) is 13.8 Å². The predicted octanol–water partition coefficient (Wildman–Crippen LogP) is 4.80. The van der Waals surface area contributed by atoms with Gasteiger partial charge in [0.2, 0.25) is 0 Å². The van der Waals surface area contributed by atoms with Gasteiger partial charge in [0.15, 0.2) is 16.4 Å². The number of pyridine rings is 1. The number of thioether (sulfide) groups is 1. The average Bonchev–Trinajstić information content (AvgIpc) is 3.07. The molecular formula is C22H21ClN4O2S. The predicted molar refractivity (Wildman–Crippen MR) is 120 cm³/mol. The quantitative estimate of drug-likeness (QED) is 0.436. The number of hydrogen-bond donors (Lipinski definition) is 1. The molecule has 0 saturated carbocycles. The van der Waals surface area contributed by atoms with Crippen molar-refractivity contribution in [1.29, 1.82) is 0 Å². The molecule has 0 fully saturated rings. The third-order valence-electron chi connectivity index (χ3n) is 5.04. The van der Waals surface area contributed by atoms with Gasteiger partial charge >= 0.3 is 0 Å². The second kappa shape index (κ2) is 8.53. The highest BCUT2D eigenvalue weighted by Gasteiger charge is 2.12. The summed E-state index contributed by atoms with van der Waals surface area (Å²) in [5, 5.41) is 10.4. The smallest absolute Gasteiger partial charge is 0.191 e. The van der Waals surface area contributed by atoms with Crippen LogP contribution >= 0.6 is 23.4 Å². The molecule has 0 atom stereocenters. The standard InChI is InChI=1S/C22H21ClN4O2S/c1-13-5-4-6-20(14(13)2)29-11-21-25-26-22(27(21)3)30-12-16-10-19(28)17-9-15(23)7-8-18(17)24-16/h4-10H,11-12H2,1-3H3,(H,24,28). The van der Waals surface area contributed by atoms with E-state index in [-0.39, 0.29) is 5.43 Å². The molecule has 2 aromatic heterocycles. The van der Waals surface area contributed by atoms with E-state index < -0.39 is 0 Å². The number of aryl methyl sites for hydroxylation is 1. The number of ether oxygens (including phenoxy) is 1. The summed E-state index contributed by atoms with van der Waals surface area (Å²) in [6.07, 6.45) is 0. The zero-order valence-corrected chi connectivity index (χ0v) is 18.5. The first-order chi connectivity index (χ1) is 14.4. The van der Waals surface area contributed by atoms with Gasteiger partial charge in [-0.15, -0.1) is 10.2 Å². The third kappa shape index (κ3) is 4.22. The molecule has 0 amide bonds. The van der Waals surface area contributed by atoms with Crippen LogP contribution in [0.1, 0.15) is 22.6 Å². The van der Waals surface area contributed by atoms with Gasteiger partial charge in [-0.2, -0.15) is 0 Å². The topological polar surface area (TPSA) is 72.8 Å². The molecule has 0 bridgehead atoms. The first kappa shape index (κ1) is 20.5. The number of aromatic amines is 1. The Balaban J connectivity index is 1.46. The normalized spacial score (nSPS) is 11.2. The van der Waals surface area contributed by atoms with Gasteiger partial charge in [0.1, 0.15) is 12.4 Å². The molecule has 0 saturated heterocycles. The van der Waals surface area contributed by atoms with Crippen molar-refractivity contribution >= 4 is 34.3 Å². The van der Waals surface area contributed by atoms with E-state index in [9.17, 15) is 4.79 Å². The van der Waals surface area contributed by atoms with Crippen LogP contribution in [0.5, 0.6) is 5.75 Å². The molecule has 6 nitrogen and oxygen atoms in total. The van der Waals surface area contributed by atoms with Gasteiger partial charge in [0.25, 0.3) is 0 Å². The molecule has 0 radical (unpaired) electrons. The van der Waals surface area contributed by atoms with E-state index in [1.807, 2.05) is 36.7 Å². The van der Waals surface area contributed by atoms with Crippen molar-refractivity contribution in [2.24, 2.45) is 7.05 Å². The summed E-state index contributed by atoms with van der Waals surface area (Å²) < 4.78 is 7.85. The molecule has 2 aromatic carbocycles. The Morgan fingerprint density at radius 3 is 2.83 bits per heavy atom. The van der Waals surface area contributed by atoms with Crippen molar-refractivity contribution in [3.05, 3.63) is 80.4 Å². The molecule has 4 rings (SSSR count). The third-order valence-corrected chi connectivity index (χ3v) is 6.35. The maximum Gasteiger partial charge on any atom is 0.191 e. The minimum Gasteiger partial charge on any atom is -0.485 e. The van der Waals surface area contributed by atoms with Gasteiger partial charge in [-0.25, -0.2) is 0 Å². The first-order valence-corrected chi connectivity index (χ1v) is 10.8. The SMILES string of the molecule is Cc1cccc(OCc2nnc(SCc3cc(=O)c4cc(Cl)ccc4[nH]3)n2C)c1C. The number of rotatable bonds is 6. The molecule has 0 aliphatic carbocycles. The fraction of sp³-hybridized carbons (Fsp3) is 0.227. The number of halogens is 1. The Morgan fingerprint density at radius 1 is 1.17 bits per heavy atom. The number of benzene rings is 2.